The lowest BCUT2D eigenvalue weighted by Crippen LogP contribution is -2.87. The van der Waals surface area contributed by atoms with Gasteiger partial charge in [0, 0.05) is 25.7 Å². The average molecular weight is 517 g/mol. The van der Waals surface area contributed by atoms with E-state index in [1.165, 1.54) is 0 Å². The fourth-order valence-corrected chi connectivity index (χ4v) is 4.68. The van der Waals surface area contributed by atoms with Gasteiger partial charge in [0.2, 0.25) is 11.2 Å². The number of ketones is 4. The van der Waals surface area contributed by atoms with Crippen LogP contribution in [0, 0.1) is 0 Å². The maximum absolute atomic E-state index is 13.5. The lowest BCUT2D eigenvalue weighted by Gasteiger charge is -2.58. The summed E-state index contributed by atoms with van der Waals surface area (Å²) < 4.78 is 5.26. The van der Waals surface area contributed by atoms with Crippen LogP contribution in [0.5, 0.6) is 0 Å². The molecule has 5 N–H and O–H groups in total. The van der Waals surface area contributed by atoms with Crippen molar-refractivity contribution in [3.63, 3.8) is 0 Å². The quantitative estimate of drug-likeness (QED) is 0.189. The molecule has 0 amide bonds. The smallest absolute Gasteiger partial charge is 0.213 e. The summed E-state index contributed by atoms with van der Waals surface area (Å²) >= 11 is 0. The highest BCUT2D eigenvalue weighted by atomic mass is 16.7. The first kappa shape index (κ1) is 32.5. The highest BCUT2D eigenvalue weighted by molar-refractivity contribution is 6.07. The molecule has 1 rings (SSSR count). The van der Waals surface area contributed by atoms with Crippen molar-refractivity contribution in [2.24, 2.45) is 0 Å². The van der Waals surface area contributed by atoms with Crippen LogP contribution in [0.25, 0.3) is 0 Å². The van der Waals surface area contributed by atoms with Gasteiger partial charge in [0.15, 0.2) is 35.0 Å². The minimum absolute atomic E-state index is 0.158. The van der Waals surface area contributed by atoms with E-state index in [0.717, 1.165) is 0 Å². The highest BCUT2D eigenvalue weighted by Crippen LogP contribution is 2.48. The SMILES string of the molecule is CCCCC(=O)C(O)[C@H]1OC(O)[C@@](O)(C(=O)CCCC)[C@](O)(C(=O)CCCC)[C@@]1(O)C(=O)CCCC. The van der Waals surface area contributed by atoms with E-state index < -0.39 is 77.7 Å². The third-order valence-electron chi connectivity index (χ3n) is 7.07. The third kappa shape index (κ3) is 5.79. The lowest BCUT2D eigenvalue weighted by atomic mass is 9.58. The Hall–Kier alpha value is -1.56. The van der Waals surface area contributed by atoms with Crippen LogP contribution in [-0.4, -0.2) is 84.0 Å². The Morgan fingerprint density at radius 3 is 1.53 bits per heavy atom. The van der Waals surface area contributed by atoms with Gasteiger partial charge in [-0.3, -0.25) is 19.2 Å². The molecule has 0 spiro atoms. The number of carbonyl (C=O) groups is 4. The van der Waals surface area contributed by atoms with Crippen molar-refractivity contribution in [2.45, 2.75) is 140 Å². The lowest BCUT2D eigenvalue weighted by molar-refractivity contribution is -0.365. The van der Waals surface area contributed by atoms with Gasteiger partial charge in [0.25, 0.3) is 0 Å². The van der Waals surface area contributed by atoms with Crippen molar-refractivity contribution >= 4 is 23.1 Å². The largest absolute Gasteiger partial charge is 0.382 e. The number of aliphatic hydroxyl groups is 5. The molecule has 0 aliphatic carbocycles. The zero-order valence-electron chi connectivity index (χ0n) is 22.0. The maximum atomic E-state index is 13.5. The van der Waals surface area contributed by atoms with Gasteiger partial charge in [-0.2, -0.15) is 0 Å². The second-order valence-corrected chi connectivity index (χ2v) is 9.75. The van der Waals surface area contributed by atoms with E-state index in [1.54, 1.807) is 27.7 Å². The molecule has 1 fully saturated rings. The molecule has 1 heterocycles. The van der Waals surface area contributed by atoms with E-state index in [9.17, 15) is 44.7 Å². The van der Waals surface area contributed by atoms with Crippen LogP contribution in [-0.2, 0) is 23.9 Å². The molecule has 6 atom stereocenters. The molecular weight excluding hydrogens is 472 g/mol. The van der Waals surface area contributed by atoms with E-state index in [4.69, 9.17) is 4.74 Å². The van der Waals surface area contributed by atoms with Crippen LogP contribution in [0.2, 0.25) is 0 Å². The highest BCUT2D eigenvalue weighted by Gasteiger charge is 2.80. The summed E-state index contributed by atoms with van der Waals surface area (Å²) in [7, 11) is 0. The molecule has 2 unspecified atom stereocenters. The second-order valence-electron chi connectivity index (χ2n) is 9.75. The number of Topliss-reactive ketones (excluding diaryl/α,β-unsaturated/α-hetero) is 4. The number of unbranched alkanes of at least 4 members (excludes halogenated alkanes) is 4. The number of aliphatic hydroxyl groups excluding tert-OH is 2. The summed E-state index contributed by atoms with van der Waals surface area (Å²) in [6, 6.07) is 0. The van der Waals surface area contributed by atoms with Crippen molar-refractivity contribution in [2.75, 3.05) is 0 Å². The molecule has 10 nitrogen and oxygen atoms in total. The summed E-state index contributed by atoms with van der Waals surface area (Å²) in [5.74, 6) is -4.49. The van der Waals surface area contributed by atoms with Gasteiger partial charge in [-0.15, -0.1) is 0 Å². The summed E-state index contributed by atoms with van der Waals surface area (Å²) in [6.07, 6.45) is -5.50. The fraction of sp³-hybridized carbons (Fsp3) is 0.846. The zero-order valence-corrected chi connectivity index (χ0v) is 22.0. The second kappa shape index (κ2) is 13.8. The Morgan fingerprint density at radius 1 is 0.694 bits per heavy atom. The molecule has 36 heavy (non-hydrogen) atoms. The topological polar surface area (TPSA) is 179 Å². The first-order valence-electron chi connectivity index (χ1n) is 13.2. The molecule has 0 saturated carbocycles. The van der Waals surface area contributed by atoms with Crippen molar-refractivity contribution in [1.29, 1.82) is 0 Å². The molecule has 1 saturated heterocycles. The van der Waals surface area contributed by atoms with Gasteiger partial charge in [-0.1, -0.05) is 53.4 Å². The summed E-state index contributed by atoms with van der Waals surface area (Å²) in [5, 5.41) is 57.1. The fourth-order valence-electron chi connectivity index (χ4n) is 4.68. The van der Waals surface area contributed by atoms with Crippen molar-refractivity contribution in [3.8, 4) is 0 Å². The Bertz CT molecular complexity index is 783. The summed E-state index contributed by atoms with van der Waals surface area (Å²) in [4.78, 5) is 52.9. The predicted molar refractivity (Wildman–Crippen MR) is 130 cm³/mol. The zero-order chi connectivity index (χ0) is 27.7. The van der Waals surface area contributed by atoms with Crippen LogP contribution in [0.1, 0.15) is 105 Å². The number of carbonyl (C=O) groups excluding carboxylic acids is 4. The predicted octanol–water partition coefficient (Wildman–Crippen LogP) is 1.29. The maximum Gasteiger partial charge on any atom is 0.213 e. The molecule has 0 bridgehead atoms. The first-order chi connectivity index (χ1) is 16.9. The minimum Gasteiger partial charge on any atom is -0.382 e. The molecule has 10 heteroatoms. The Morgan fingerprint density at radius 2 is 1.08 bits per heavy atom. The Balaban J connectivity index is 3.88. The van der Waals surface area contributed by atoms with Gasteiger partial charge in [0.05, 0.1) is 0 Å². The van der Waals surface area contributed by atoms with Gasteiger partial charge in [-0.25, -0.2) is 0 Å². The normalized spacial score (nSPS) is 31.1. The number of ether oxygens (including phenoxy) is 1. The number of hydrogen-bond donors (Lipinski definition) is 5. The van der Waals surface area contributed by atoms with Crippen LogP contribution >= 0.6 is 0 Å². The van der Waals surface area contributed by atoms with E-state index in [2.05, 4.69) is 0 Å². The van der Waals surface area contributed by atoms with Crippen LogP contribution in [0.15, 0.2) is 0 Å². The Kier molecular flexibility index (Phi) is 12.5. The molecular formula is C26H44O10. The van der Waals surface area contributed by atoms with Gasteiger partial charge >= 0.3 is 0 Å². The molecule has 0 aromatic carbocycles. The molecule has 0 aromatic heterocycles. The van der Waals surface area contributed by atoms with E-state index >= 15 is 0 Å². The van der Waals surface area contributed by atoms with E-state index in [1.807, 2.05) is 0 Å². The summed E-state index contributed by atoms with van der Waals surface area (Å²) in [6.45, 7) is 7.05. The monoisotopic (exact) mass is 516 g/mol. The van der Waals surface area contributed by atoms with Gasteiger partial charge in [-0.05, 0) is 25.7 Å². The number of rotatable bonds is 17. The van der Waals surface area contributed by atoms with Gasteiger partial charge < -0.3 is 30.3 Å². The number of hydrogen-bond acceptors (Lipinski definition) is 10. The van der Waals surface area contributed by atoms with Crippen molar-refractivity contribution in [3.05, 3.63) is 0 Å². The van der Waals surface area contributed by atoms with Crippen LogP contribution in [0.4, 0.5) is 0 Å². The average Bonchev–Trinajstić information content (AvgIpc) is 2.87. The Labute approximate surface area is 213 Å². The minimum atomic E-state index is -3.57. The molecule has 208 valence electrons. The summed E-state index contributed by atoms with van der Waals surface area (Å²) in [5.41, 5.74) is -10.4. The van der Waals surface area contributed by atoms with E-state index in [0.29, 0.717) is 32.1 Å². The van der Waals surface area contributed by atoms with Crippen molar-refractivity contribution < 1.29 is 49.4 Å². The standard InChI is InChI=1S/C26H44O10/c1-5-9-13-17(27)21(31)22-24(33,18(28)14-10-6-2)26(35,20(30)16-12-8-4)25(34,23(32)36-22)19(29)15-11-7-3/h21-23,31-35H,5-16H2,1-4H3/t21?,22-,23?,24-,25+,26+/m1/s1. The molecule has 0 radical (unpaired) electrons. The molecule has 1 aliphatic rings. The van der Waals surface area contributed by atoms with Crippen LogP contribution in [0.3, 0.4) is 0 Å². The van der Waals surface area contributed by atoms with Gasteiger partial charge in [0.1, 0.15) is 12.2 Å². The third-order valence-corrected chi connectivity index (χ3v) is 7.07. The van der Waals surface area contributed by atoms with Crippen LogP contribution < -0.4 is 0 Å². The molecule has 0 aromatic rings. The first-order valence-corrected chi connectivity index (χ1v) is 13.2. The molecule has 1 aliphatic heterocycles. The van der Waals surface area contributed by atoms with Crippen molar-refractivity contribution in [1.82, 2.24) is 0 Å². The van der Waals surface area contributed by atoms with E-state index in [-0.39, 0.29) is 25.7 Å².